The maximum atomic E-state index is 11.7. The van der Waals surface area contributed by atoms with Crippen LogP contribution in [0.3, 0.4) is 0 Å². The Balaban J connectivity index is 1.85. The zero-order valence-corrected chi connectivity index (χ0v) is 14.8. The molecule has 0 radical (unpaired) electrons. The van der Waals surface area contributed by atoms with Crippen LogP contribution in [0.25, 0.3) is 0 Å². The zero-order valence-electron chi connectivity index (χ0n) is 14.8. The van der Waals surface area contributed by atoms with Crippen LogP contribution in [0.5, 0.6) is 0 Å². The highest BCUT2D eigenvalue weighted by Crippen LogP contribution is 2.13. The van der Waals surface area contributed by atoms with Crippen molar-refractivity contribution in [2.24, 2.45) is 0 Å². The van der Waals surface area contributed by atoms with Gasteiger partial charge in [-0.1, -0.05) is 31.2 Å². The molecule has 1 fully saturated rings. The van der Waals surface area contributed by atoms with E-state index in [9.17, 15) is 9.90 Å². The number of aliphatic hydroxyl groups excluding tert-OH is 1. The Kier molecular flexibility index (Phi) is 7.49. The summed E-state index contributed by atoms with van der Waals surface area (Å²) < 4.78 is 0. The van der Waals surface area contributed by atoms with Gasteiger partial charge in [0, 0.05) is 45.8 Å². The van der Waals surface area contributed by atoms with Gasteiger partial charge in [0.15, 0.2) is 0 Å². The van der Waals surface area contributed by atoms with Crippen molar-refractivity contribution in [3.05, 3.63) is 35.4 Å². The molecule has 0 bridgehead atoms. The summed E-state index contributed by atoms with van der Waals surface area (Å²) in [6.45, 7) is 11.1. The summed E-state index contributed by atoms with van der Waals surface area (Å²) in [7, 11) is 0. The summed E-state index contributed by atoms with van der Waals surface area (Å²) >= 11 is 0. The summed E-state index contributed by atoms with van der Waals surface area (Å²) in [6.07, 6.45) is -0.537. The van der Waals surface area contributed by atoms with Crippen LogP contribution in [0, 0.1) is 0 Å². The van der Waals surface area contributed by atoms with E-state index >= 15 is 0 Å². The van der Waals surface area contributed by atoms with Crippen molar-refractivity contribution in [1.29, 1.82) is 0 Å². The average Bonchev–Trinajstić information content (AvgIpc) is 2.60. The van der Waals surface area contributed by atoms with Crippen molar-refractivity contribution in [2.45, 2.75) is 33.0 Å². The van der Waals surface area contributed by atoms with E-state index in [4.69, 9.17) is 0 Å². The number of hydrogen-bond acceptors (Lipinski definition) is 4. The minimum absolute atomic E-state index is 0.248. The molecule has 0 aliphatic carbocycles. The number of amides is 2. The van der Waals surface area contributed by atoms with Gasteiger partial charge >= 0.3 is 6.03 Å². The normalized spacial score (nSPS) is 17.5. The third-order valence-corrected chi connectivity index (χ3v) is 4.42. The molecule has 0 spiro atoms. The molecule has 134 valence electrons. The van der Waals surface area contributed by atoms with Crippen molar-refractivity contribution >= 4 is 6.03 Å². The summed E-state index contributed by atoms with van der Waals surface area (Å²) in [5, 5.41) is 14.7. The summed E-state index contributed by atoms with van der Waals surface area (Å²) in [5.41, 5.74) is 2.40. The lowest BCUT2D eigenvalue weighted by atomic mass is 10.1. The van der Waals surface area contributed by atoms with Crippen LogP contribution in [0.4, 0.5) is 4.79 Å². The topological polar surface area (TPSA) is 67.8 Å². The molecule has 0 saturated carbocycles. The molecule has 1 aliphatic rings. The Morgan fingerprint density at radius 3 is 2.38 bits per heavy atom. The number of carbonyl (C=O) groups is 1. The molecule has 0 aromatic heterocycles. The van der Waals surface area contributed by atoms with Crippen LogP contribution < -0.4 is 10.6 Å². The molecule has 2 amide bonds. The van der Waals surface area contributed by atoms with Gasteiger partial charge in [0.25, 0.3) is 0 Å². The molecule has 0 unspecified atom stereocenters. The minimum Gasteiger partial charge on any atom is -0.392 e. The number of urea groups is 1. The first kappa shape index (κ1) is 18.7. The van der Waals surface area contributed by atoms with E-state index in [1.807, 2.05) is 6.07 Å². The van der Waals surface area contributed by atoms with Crippen LogP contribution in [0.15, 0.2) is 24.3 Å². The zero-order chi connectivity index (χ0) is 17.4. The third kappa shape index (κ3) is 6.11. The van der Waals surface area contributed by atoms with Crippen molar-refractivity contribution in [1.82, 2.24) is 20.4 Å². The van der Waals surface area contributed by atoms with Gasteiger partial charge in [0.1, 0.15) is 0 Å². The lowest BCUT2D eigenvalue weighted by Crippen LogP contribution is -2.45. The molecule has 1 heterocycles. The van der Waals surface area contributed by atoms with Crippen LogP contribution in [0.1, 0.15) is 25.0 Å². The Morgan fingerprint density at radius 1 is 1.12 bits per heavy atom. The fraction of sp³-hybridized carbons (Fsp3) is 0.611. The van der Waals surface area contributed by atoms with Crippen LogP contribution in [0.2, 0.25) is 0 Å². The van der Waals surface area contributed by atoms with E-state index in [1.165, 1.54) is 5.56 Å². The van der Waals surface area contributed by atoms with Crippen LogP contribution in [-0.2, 0) is 13.1 Å². The predicted molar refractivity (Wildman–Crippen MR) is 95.8 cm³/mol. The summed E-state index contributed by atoms with van der Waals surface area (Å²) in [5.74, 6) is 0. The van der Waals surface area contributed by atoms with E-state index < -0.39 is 6.10 Å². The Morgan fingerprint density at radius 2 is 1.75 bits per heavy atom. The Bertz CT molecular complexity index is 513. The van der Waals surface area contributed by atoms with Crippen molar-refractivity contribution in [3.63, 3.8) is 0 Å². The van der Waals surface area contributed by atoms with E-state index in [1.54, 1.807) is 6.92 Å². The average molecular weight is 334 g/mol. The second-order valence-corrected chi connectivity index (χ2v) is 6.39. The van der Waals surface area contributed by atoms with Gasteiger partial charge < -0.3 is 20.6 Å². The van der Waals surface area contributed by atoms with E-state index in [0.717, 1.165) is 44.8 Å². The number of piperazine rings is 1. The molecule has 3 N–H and O–H groups in total. The molecule has 1 aliphatic heterocycles. The predicted octanol–water partition coefficient (Wildman–Crippen LogP) is 1.00. The van der Waals surface area contributed by atoms with Crippen LogP contribution >= 0.6 is 0 Å². The van der Waals surface area contributed by atoms with Crippen molar-refractivity contribution < 1.29 is 9.90 Å². The third-order valence-electron chi connectivity index (χ3n) is 4.42. The smallest absolute Gasteiger partial charge is 0.315 e. The van der Waals surface area contributed by atoms with Crippen LogP contribution in [-0.4, -0.2) is 66.3 Å². The fourth-order valence-corrected chi connectivity index (χ4v) is 2.87. The quantitative estimate of drug-likeness (QED) is 0.696. The first-order chi connectivity index (χ1) is 11.6. The Labute approximate surface area is 144 Å². The number of likely N-dealkylation sites (N-methyl/N-ethyl adjacent to an activating group) is 1. The number of carbonyl (C=O) groups excluding carboxylic acids is 1. The van der Waals surface area contributed by atoms with Crippen molar-refractivity contribution in [3.8, 4) is 0 Å². The molecule has 2 rings (SSSR count). The monoisotopic (exact) mass is 334 g/mol. The molecule has 6 heteroatoms. The van der Waals surface area contributed by atoms with E-state index in [-0.39, 0.29) is 12.6 Å². The van der Waals surface area contributed by atoms with Gasteiger partial charge in [-0.25, -0.2) is 4.79 Å². The van der Waals surface area contributed by atoms with E-state index in [0.29, 0.717) is 6.54 Å². The highest BCUT2D eigenvalue weighted by molar-refractivity contribution is 5.73. The maximum Gasteiger partial charge on any atom is 0.315 e. The molecule has 1 atom stereocenters. The second-order valence-electron chi connectivity index (χ2n) is 6.39. The molecular weight excluding hydrogens is 304 g/mol. The summed E-state index contributed by atoms with van der Waals surface area (Å²) in [4.78, 5) is 16.7. The lowest BCUT2D eigenvalue weighted by molar-refractivity contribution is 0.131. The molecule has 24 heavy (non-hydrogen) atoms. The number of rotatable bonds is 7. The molecule has 6 nitrogen and oxygen atoms in total. The van der Waals surface area contributed by atoms with Gasteiger partial charge in [-0.15, -0.1) is 0 Å². The molecule has 1 aromatic rings. The van der Waals surface area contributed by atoms with Gasteiger partial charge in [-0.05, 0) is 24.6 Å². The minimum atomic E-state index is -0.537. The summed E-state index contributed by atoms with van der Waals surface area (Å²) in [6, 6.07) is 8.00. The number of nitrogens with one attached hydrogen (secondary N) is 2. The number of aliphatic hydroxyl groups is 1. The second kappa shape index (κ2) is 9.61. The van der Waals surface area contributed by atoms with Crippen molar-refractivity contribution in [2.75, 3.05) is 39.3 Å². The first-order valence-electron chi connectivity index (χ1n) is 8.79. The number of nitrogens with zero attached hydrogens (tertiary/aromatic N) is 2. The fourth-order valence-electron chi connectivity index (χ4n) is 2.87. The Hall–Kier alpha value is -1.63. The van der Waals surface area contributed by atoms with E-state index in [2.05, 4.69) is 45.6 Å². The van der Waals surface area contributed by atoms with Gasteiger partial charge in [0.2, 0.25) is 0 Å². The van der Waals surface area contributed by atoms with Gasteiger partial charge in [0.05, 0.1) is 6.10 Å². The highest BCUT2D eigenvalue weighted by atomic mass is 16.3. The maximum absolute atomic E-state index is 11.7. The largest absolute Gasteiger partial charge is 0.392 e. The van der Waals surface area contributed by atoms with Gasteiger partial charge in [-0.2, -0.15) is 0 Å². The SMILES string of the molecule is CCN1CCN(Cc2ccccc2CNC(=O)NC[C@@H](C)O)CC1. The molecule has 1 aromatic carbocycles. The molecular formula is C18H30N4O2. The number of hydrogen-bond donors (Lipinski definition) is 3. The number of benzene rings is 1. The lowest BCUT2D eigenvalue weighted by Gasteiger charge is -2.34. The molecule has 1 saturated heterocycles. The van der Waals surface area contributed by atoms with Gasteiger partial charge in [-0.3, -0.25) is 4.90 Å². The standard InChI is InChI=1S/C18H30N4O2/c1-3-21-8-10-22(11-9-21)14-17-7-5-4-6-16(17)13-20-18(24)19-12-15(2)23/h4-7,15,23H,3,8-14H2,1-2H3,(H2,19,20,24)/t15-/m1/s1. The first-order valence-corrected chi connectivity index (χ1v) is 8.79. The highest BCUT2D eigenvalue weighted by Gasteiger charge is 2.16.